The normalized spacial score (nSPS) is 17.8. The minimum atomic E-state index is 0.242. The monoisotopic (exact) mass is 182 g/mol. The van der Waals surface area contributed by atoms with Crippen molar-refractivity contribution in [3.05, 3.63) is 12.7 Å². The molecule has 13 heavy (non-hydrogen) atoms. The van der Waals surface area contributed by atoms with Gasteiger partial charge in [0.2, 0.25) is 0 Å². The second kappa shape index (κ2) is 4.25. The van der Waals surface area contributed by atoms with Gasteiger partial charge in [0, 0.05) is 19.1 Å². The zero-order chi connectivity index (χ0) is 9.90. The molecule has 0 bridgehead atoms. The van der Waals surface area contributed by atoms with E-state index in [4.69, 9.17) is 5.73 Å². The molecule has 0 heterocycles. The third kappa shape index (κ3) is 3.49. The molecule has 1 aliphatic carbocycles. The third-order valence-electron chi connectivity index (χ3n) is 2.61. The summed E-state index contributed by atoms with van der Waals surface area (Å²) in [5.74, 6) is 0. The Balaban J connectivity index is 2.41. The van der Waals surface area contributed by atoms with Crippen LogP contribution in [0.5, 0.6) is 0 Å². The molecule has 76 valence electrons. The van der Waals surface area contributed by atoms with Gasteiger partial charge in [0.25, 0.3) is 0 Å². The highest BCUT2D eigenvalue weighted by molar-refractivity contribution is 4.90. The molecule has 2 N–H and O–H groups in total. The van der Waals surface area contributed by atoms with E-state index in [0.29, 0.717) is 0 Å². The Labute approximate surface area is 81.8 Å². The first-order chi connectivity index (χ1) is 6.09. The van der Waals surface area contributed by atoms with E-state index < -0.39 is 0 Å². The van der Waals surface area contributed by atoms with Crippen molar-refractivity contribution < 1.29 is 0 Å². The Hall–Kier alpha value is -0.340. The van der Waals surface area contributed by atoms with Gasteiger partial charge in [-0.15, -0.1) is 6.58 Å². The van der Waals surface area contributed by atoms with E-state index >= 15 is 0 Å². The highest BCUT2D eigenvalue weighted by Gasteiger charge is 2.31. The van der Waals surface area contributed by atoms with Gasteiger partial charge in [-0.3, -0.25) is 4.90 Å². The van der Waals surface area contributed by atoms with Crippen LogP contribution in [0.3, 0.4) is 0 Å². The molecule has 2 heteroatoms. The zero-order valence-electron chi connectivity index (χ0n) is 8.92. The molecule has 0 radical (unpaired) electrons. The summed E-state index contributed by atoms with van der Waals surface area (Å²) in [6.45, 7) is 11.1. The lowest BCUT2D eigenvalue weighted by Gasteiger charge is -2.31. The molecule has 0 aromatic heterocycles. The van der Waals surface area contributed by atoms with Crippen molar-refractivity contribution in [2.45, 2.75) is 32.7 Å². The quantitative estimate of drug-likeness (QED) is 0.632. The molecular weight excluding hydrogens is 160 g/mol. The molecule has 0 amide bonds. The molecule has 0 aromatic rings. The van der Waals surface area contributed by atoms with Crippen LogP contribution in [0.25, 0.3) is 0 Å². The molecule has 1 rings (SSSR count). The van der Waals surface area contributed by atoms with Gasteiger partial charge in [0.15, 0.2) is 0 Å². The summed E-state index contributed by atoms with van der Waals surface area (Å²) < 4.78 is 0. The van der Waals surface area contributed by atoms with Gasteiger partial charge >= 0.3 is 0 Å². The van der Waals surface area contributed by atoms with Crippen LogP contribution < -0.4 is 5.73 Å². The van der Waals surface area contributed by atoms with E-state index in [1.165, 1.54) is 12.8 Å². The summed E-state index contributed by atoms with van der Waals surface area (Å²) in [6.07, 6.45) is 4.70. The maximum atomic E-state index is 5.72. The first-order valence-electron chi connectivity index (χ1n) is 5.14. The SMILES string of the molecule is C=CCN(CC(C)(C)CN)C1CC1. The molecule has 0 saturated heterocycles. The second-order valence-corrected chi connectivity index (χ2v) is 4.82. The fourth-order valence-corrected chi connectivity index (χ4v) is 1.56. The summed E-state index contributed by atoms with van der Waals surface area (Å²) in [4.78, 5) is 2.50. The number of hydrogen-bond acceptors (Lipinski definition) is 2. The molecule has 1 saturated carbocycles. The lowest BCUT2D eigenvalue weighted by atomic mass is 9.93. The fourth-order valence-electron chi connectivity index (χ4n) is 1.56. The van der Waals surface area contributed by atoms with Crippen LogP contribution in [0.15, 0.2) is 12.7 Å². The van der Waals surface area contributed by atoms with Gasteiger partial charge in [0.05, 0.1) is 0 Å². The van der Waals surface area contributed by atoms with Gasteiger partial charge < -0.3 is 5.73 Å². The van der Waals surface area contributed by atoms with Crippen LogP contribution in [0.4, 0.5) is 0 Å². The van der Waals surface area contributed by atoms with E-state index in [1.54, 1.807) is 0 Å². The van der Waals surface area contributed by atoms with E-state index in [1.807, 2.05) is 6.08 Å². The number of nitrogens with two attached hydrogens (primary N) is 1. The van der Waals surface area contributed by atoms with Crippen molar-refractivity contribution in [1.82, 2.24) is 4.90 Å². The largest absolute Gasteiger partial charge is 0.330 e. The van der Waals surface area contributed by atoms with Crippen LogP contribution in [0.1, 0.15) is 26.7 Å². The lowest BCUT2D eigenvalue weighted by molar-refractivity contribution is 0.190. The maximum absolute atomic E-state index is 5.72. The number of nitrogens with zero attached hydrogens (tertiary/aromatic N) is 1. The number of rotatable bonds is 6. The average Bonchev–Trinajstić information content (AvgIpc) is 2.86. The van der Waals surface area contributed by atoms with Gasteiger partial charge in [0.1, 0.15) is 0 Å². The third-order valence-corrected chi connectivity index (χ3v) is 2.61. The molecule has 0 aliphatic heterocycles. The van der Waals surface area contributed by atoms with Gasteiger partial charge in [-0.1, -0.05) is 19.9 Å². The second-order valence-electron chi connectivity index (χ2n) is 4.82. The highest BCUT2D eigenvalue weighted by atomic mass is 15.2. The Morgan fingerprint density at radius 2 is 2.15 bits per heavy atom. The van der Waals surface area contributed by atoms with Crippen molar-refractivity contribution in [1.29, 1.82) is 0 Å². The first kappa shape index (κ1) is 10.7. The molecule has 0 spiro atoms. The van der Waals surface area contributed by atoms with Crippen LogP contribution in [-0.2, 0) is 0 Å². The molecule has 0 atom stereocenters. The summed E-state index contributed by atoms with van der Waals surface area (Å²) in [5.41, 5.74) is 5.96. The van der Waals surface area contributed by atoms with Gasteiger partial charge in [-0.25, -0.2) is 0 Å². The van der Waals surface area contributed by atoms with Crippen molar-refractivity contribution in [3.63, 3.8) is 0 Å². The highest BCUT2D eigenvalue weighted by Crippen LogP contribution is 2.29. The van der Waals surface area contributed by atoms with Crippen LogP contribution >= 0.6 is 0 Å². The topological polar surface area (TPSA) is 29.3 Å². The minimum absolute atomic E-state index is 0.242. The van der Waals surface area contributed by atoms with E-state index in [9.17, 15) is 0 Å². The van der Waals surface area contributed by atoms with Crippen LogP contribution in [0, 0.1) is 5.41 Å². The maximum Gasteiger partial charge on any atom is 0.0163 e. The average molecular weight is 182 g/mol. The number of hydrogen-bond donors (Lipinski definition) is 1. The predicted octanol–water partition coefficient (Wildman–Crippen LogP) is 1.62. The molecule has 1 aliphatic rings. The minimum Gasteiger partial charge on any atom is -0.330 e. The van der Waals surface area contributed by atoms with E-state index in [2.05, 4.69) is 25.3 Å². The van der Waals surface area contributed by atoms with E-state index in [0.717, 1.165) is 25.7 Å². The van der Waals surface area contributed by atoms with Crippen molar-refractivity contribution in [3.8, 4) is 0 Å². The van der Waals surface area contributed by atoms with Gasteiger partial charge in [-0.05, 0) is 24.8 Å². The fraction of sp³-hybridized carbons (Fsp3) is 0.818. The molecule has 1 fully saturated rings. The lowest BCUT2D eigenvalue weighted by Crippen LogP contribution is -2.40. The smallest absolute Gasteiger partial charge is 0.0163 e. The van der Waals surface area contributed by atoms with Crippen LogP contribution in [-0.4, -0.2) is 30.6 Å². The summed E-state index contributed by atoms with van der Waals surface area (Å²) in [6, 6.07) is 0.809. The first-order valence-corrected chi connectivity index (χ1v) is 5.14. The standard InChI is InChI=1S/C11H22N2/c1-4-7-13(10-5-6-10)9-11(2,3)8-12/h4,10H,1,5-9,12H2,2-3H3. The van der Waals surface area contributed by atoms with Crippen molar-refractivity contribution >= 4 is 0 Å². The Kier molecular flexibility index (Phi) is 3.51. The van der Waals surface area contributed by atoms with Gasteiger partial charge in [-0.2, -0.15) is 0 Å². The molecule has 2 nitrogen and oxygen atoms in total. The Morgan fingerprint density at radius 1 is 1.54 bits per heavy atom. The van der Waals surface area contributed by atoms with Crippen molar-refractivity contribution in [2.24, 2.45) is 11.1 Å². The molecule has 0 aromatic carbocycles. The Bertz CT molecular complexity index is 171. The zero-order valence-corrected chi connectivity index (χ0v) is 8.92. The van der Waals surface area contributed by atoms with Crippen molar-refractivity contribution in [2.75, 3.05) is 19.6 Å². The summed E-state index contributed by atoms with van der Waals surface area (Å²) in [5, 5.41) is 0. The summed E-state index contributed by atoms with van der Waals surface area (Å²) in [7, 11) is 0. The predicted molar refractivity (Wildman–Crippen MR) is 57.6 cm³/mol. The molecule has 0 unspecified atom stereocenters. The Morgan fingerprint density at radius 3 is 2.54 bits per heavy atom. The van der Waals surface area contributed by atoms with Crippen LogP contribution in [0.2, 0.25) is 0 Å². The van der Waals surface area contributed by atoms with E-state index in [-0.39, 0.29) is 5.41 Å². The summed E-state index contributed by atoms with van der Waals surface area (Å²) >= 11 is 0. The molecular formula is C11H22N2.